The van der Waals surface area contributed by atoms with Crippen LogP contribution in [0.15, 0.2) is 72.3 Å². The van der Waals surface area contributed by atoms with Crippen molar-refractivity contribution in [2.45, 2.75) is 39.0 Å². The lowest BCUT2D eigenvalue weighted by Gasteiger charge is -2.21. The minimum absolute atomic E-state index is 0.768. The molecule has 1 aliphatic carbocycles. The Bertz CT molecular complexity index is 662. The van der Waals surface area contributed by atoms with Crippen LogP contribution in [-0.4, -0.2) is 0 Å². The van der Waals surface area contributed by atoms with Crippen LogP contribution >= 0.6 is 0 Å². The minimum atomic E-state index is 0.768. The molecule has 23 heavy (non-hydrogen) atoms. The summed E-state index contributed by atoms with van der Waals surface area (Å²) >= 11 is 0. The average Bonchev–Trinajstić information content (AvgIpc) is 2.59. The molecule has 0 aromatic heterocycles. The van der Waals surface area contributed by atoms with Crippen molar-refractivity contribution in [3.8, 4) is 0 Å². The van der Waals surface area contributed by atoms with Crippen LogP contribution in [0, 0.1) is 5.92 Å². The van der Waals surface area contributed by atoms with Crippen LogP contribution in [0.5, 0.6) is 0 Å². The predicted octanol–water partition coefficient (Wildman–Crippen LogP) is 6.75. The van der Waals surface area contributed by atoms with Gasteiger partial charge in [-0.3, -0.25) is 0 Å². The van der Waals surface area contributed by atoms with Crippen molar-refractivity contribution in [3.63, 3.8) is 0 Å². The highest BCUT2D eigenvalue weighted by molar-refractivity contribution is 5.73. The third-order valence-corrected chi connectivity index (χ3v) is 4.73. The molecule has 2 aromatic carbocycles. The molecule has 118 valence electrons. The molecule has 0 heterocycles. The fourth-order valence-electron chi connectivity index (χ4n) is 3.45. The quantitative estimate of drug-likeness (QED) is 0.588. The zero-order valence-electron chi connectivity index (χ0n) is 14.0. The topological polar surface area (TPSA) is 0 Å². The number of benzene rings is 2. The van der Waals surface area contributed by atoms with Crippen molar-refractivity contribution >= 4 is 11.6 Å². The Hall–Kier alpha value is -2.08. The van der Waals surface area contributed by atoms with E-state index in [9.17, 15) is 0 Å². The summed E-state index contributed by atoms with van der Waals surface area (Å²) in [7, 11) is 0. The lowest BCUT2D eigenvalue weighted by Crippen LogP contribution is -2.03. The Balaban J connectivity index is 1.97. The predicted molar refractivity (Wildman–Crippen MR) is 101 cm³/mol. The van der Waals surface area contributed by atoms with E-state index < -0.39 is 0 Å². The van der Waals surface area contributed by atoms with E-state index in [0.717, 1.165) is 5.92 Å². The van der Waals surface area contributed by atoms with Crippen LogP contribution in [-0.2, 0) is 0 Å². The highest BCUT2D eigenvalue weighted by atomic mass is 14.2. The van der Waals surface area contributed by atoms with Gasteiger partial charge >= 0.3 is 0 Å². The molecular formula is C23H26. The lowest BCUT2D eigenvalue weighted by atomic mass is 9.84. The normalized spacial score (nSPS) is 22.7. The number of hydrogen-bond donors (Lipinski definition) is 0. The summed E-state index contributed by atoms with van der Waals surface area (Å²) in [6.07, 6.45) is 11.0. The Morgan fingerprint density at radius 1 is 0.826 bits per heavy atom. The maximum atomic E-state index is 2.39. The summed E-state index contributed by atoms with van der Waals surface area (Å²) < 4.78 is 0. The first kappa shape index (κ1) is 15.8. The van der Waals surface area contributed by atoms with Crippen molar-refractivity contribution in [1.29, 1.82) is 0 Å². The second-order valence-corrected chi connectivity index (χ2v) is 6.67. The molecule has 0 fully saturated rings. The Labute approximate surface area is 140 Å². The van der Waals surface area contributed by atoms with E-state index in [-0.39, 0.29) is 0 Å². The van der Waals surface area contributed by atoms with Gasteiger partial charge in [0.05, 0.1) is 0 Å². The Morgan fingerprint density at radius 2 is 1.52 bits per heavy atom. The van der Waals surface area contributed by atoms with Gasteiger partial charge in [-0.2, -0.15) is 0 Å². The molecule has 0 radical (unpaired) electrons. The third-order valence-electron chi connectivity index (χ3n) is 4.73. The molecule has 0 saturated carbocycles. The monoisotopic (exact) mass is 302 g/mol. The summed E-state index contributed by atoms with van der Waals surface area (Å²) in [5, 5.41) is 0. The molecule has 0 heteroatoms. The average molecular weight is 302 g/mol. The van der Waals surface area contributed by atoms with Gasteiger partial charge in [-0.05, 0) is 47.5 Å². The molecule has 2 aromatic rings. The standard InChI is InChI=1S/C23H26/c1-19-10-8-9-15-23(21-13-6-3-7-14-21)22(18-19)17-16-20-11-4-2-5-12-20/h2-7,11-14,16-17,19H,8-10,15,18H2,1H3/b17-16?,23-22+. The first-order chi connectivity index (χ1) is 11.3. The molecular weight excluding hydrogens is 276 g/mol. The maximum absolute atomic E-state index is 2.39. The van der Waals surface area contributed by atoms with Crippen LogP contribution in [0.25, 0.3) is 11.6 Å². The second-order valence-electron chi connectivity index (χ2n) is 6.67. The lowest BCUT2D eigenvalue weighted by molar-refractivity contribution is 0.491. The summed E-state index contributed by atoms with van der Waals surface area (Å²) in [5.41, 5.74) is 5.74. The van der Waals surface area contributed by atoms with Gasteiger partial charge in [0.25, 0.3) is 0 Å². The zero-order valence-corrected chi connectivity index (χ0v) is 14.0. The first-order valence-corrected chi connectivity index (χ1v) is 8.83. The fraction of sp³-hybridized carbons (Fsp3) is 0.304. The largest absolute Gasteiger partial charge is 0.0622 e. The number of rotatable bonds is 3. The SMILES string of the molecule is CC1CCCC/C(c2ccccc2)=C(/C=Cc2ccccc2)C1. The van der Waals surface area contributed by atoms with E-state index in [1.165, 1.54) is 48.8 Å². The Morgan fingerprint density at radius 3 is 2.26 bits per heavy atom. The van der Waals surface area contributed by atoms with Crippen molar-refractivity contribution in [2.24, 2.45) is 5.92 Å². The van der Waals surface area contributed by atoms with Crippen LogP contribution in [0.3, 0.4) is 0 Å². The number of hydrogen-bond acceptors (Lipinski definition) is 0. The van der Waals surface area contributed by atoms with E-state index in [0.29, 0.717) is 0 Å². The van der Waals surface area contributed by atoms with E-state index in [2.05, 4.69) is 79.7 Å². The molecule has 0 amide bonds. The number of allylic oxidation sites excluding steroid dienone is 3. The van der Waals surface area contributed by atoms with Crippen molar-refractivity contribution in [3.05, 3.63) is 83.4 Å². The molecule has 0 aliphatic heterocycles. The third kappa shape index (κ3) is 4.45. The molecule has 0 N–H and O–H groups in total. The van der Waals surface area contributed by atoms with Crippen LogP contribution in [0.2, 0.25) is 0 Å². The highest BCUT2D eigenvalue weighted by Crippen LogP contribution is 2.33. The molecule has 3 rings (SSSR count). The van der Waals surface area contributed by atoms with E-state index in [1.54, 1.807) is 5.57 Å². The van der Waals surface area contributed by atoms with E-state index in [4.69, 9.17) is 0 Å². The summed E-state index contributed by atoms with van der Waals surface area (Å²) in [6.45, 7) is 2.39. The molecule has 0 saturated heterocycles. The van der Waals surface area contributed by atoms with E-state index >= 15 is 0 Å². The maximum Gasteiger partial charge on any atom is -0.0222 e. The van der Waals surface area contributed by atoms with Gasteiger partial charge in [0, 0.05) is 0 Å². The minimum Gasteiger partial charge on any atom is -0.0622 e. The van der Waals surface area contributed by atoms with Gasteiger partial charge in [-0.25, -0.2) is 0 Å². The highest BCUT2D eigenvalue weighted by Gasteiger charge is 2.14. The smallest absolute Gasteiger partial charge is 0.0222 e. The molecule has 1 unspecified atom stereocenters. The molecule has 0 nitrogen and oxygen atoms in total. The van der Waals surface area contributed by atoms with Crippen LogP contribution in [0.1, 0.15) is 50.2 Å². The van der Waals surface area contributed by atoms with Gasteiger partial charge in [-0.15, -0.1) is 0 Å². The molecule has 0 bridgehead atoms. The summed E-state index contributed by atoms with van der Waals surface area (Å²) in [4.78, 5) is 0. The van der Waals surface area contributed by atoms with Crippen molar-refractivity contribution in [2.75, 3.05) is 0 Å². The molecule has 1 aliphatic rings. The summed E-state index contributed by atoms with van der Waals surface area (Å²) in [5.74, 6) is 0.768. The van der Waals surface area contributed by atoms with Gasteiger partial charge in [0.15, 0.2) is 0 Å². The van der Waals surface area contributed by atoms with Crippen molar-refractivity contribution in [1.82, 2.24) is 0 Å². The first-order valence-electron chi connectivity index (χ1n) is 8.83. The van der Waals surface area contributed by atoms with Gasteiger partial charge in [-0.1, -0.05) is 92.6 Å². The van der Waals surface area contributed by atoms with E-state index in [1.807, 2.05) is 0 Å². The van der Waals surface area contributed by atoms with Crippen LogP contribution in [0.4, 0.5) is 0 Å². The Kier molecular flexibility index (Phi) is 5.47. The van der Waals surface area contributed by atoms with Crippen LogP contribution < -0.4 is 0 Å². The van der Waals surface area contributed by atoms with Gasteiger partial charge < -0.3 is 0 Å². The molecule has 1 atom stereocenters. The van der Waals surface area contributed by atoms with Crippen molar-refractivity contribution < 1.29 is 0 Å². The summed E-state index contributed by atoms with van der Waals surface area (Å²) in [6, 6.07) is 21.6. The fourth-order valence-corrected chi connectivity index (χ4v) is 3.45. The second kappa shape index (κ2) is 7.97. The zero-order chi connectivity index (χ0) is 15.9. The molecule has 0 spiro atoms. The van der Waals surface area contributed by atoms with Gasteiger partial charge in [0.1, 0.15) is 0 Å². The van der Waals surface area contributed by atoms with Gasteiger partial charge in [0.2, 0.25) is 0 Å².